The van der Waals surface area contributed by atoms with Gasteiger partial charge in [-0.1, -0.05) is 34.1 Å². The van der Waals surface area contributed by atoms with Gasteiger partial charge < -0.3 is 15.5 Å². The van der Waals surface area contributed by atoms with Gasteiger partial charge in [0.05, 0.1) is 0 Å². The predicted molar refractivity (Wildman–Crippen MR) is 98.2 cm³/mol. The molecule has 2 N–H and O–H groups in total. The smallest absolute Gasteiger partial charge is 0.319 e. The van der Waals surface area contributed by atoms with Crippen LogP contribution in [0, 0.1) is 6.92 Å². The Hall–Kier alpha value is -2.34. The molecule has 0 saturated carbocycles. The van der Waals surface area contributed by atoms with E-state index in [0.717, 1.165) is 15.7 Å². The first-order valence-corrected chi connectivity index (χ1v) is 8.54. The maximum absolute atomic E-state index is 12.5. The standard InChI is InChI=1S/C18H18BrN3O2/c1-12-11-13(7-8-15(12)19)20-18(24)21-16-9-10-22(17(16)23)14-5-3-2-4-6-14/h2-8,11,16H,9-10H2,1H3,(H2,20,21,24)/t16-/m1/s1. The number of carbonyl (C=O) groups is 2. The lowest BCUT2D eigenvalue weighted by Crippen LogP contribution is -2.43. The summed E-state index contributed by atoms with van der Waals surface area (Å²) in [5, 5.41) is 5.53. The normalized spacial score (nSPS) is 17.0. The lowest BCUT2D eigenvalue weighted by atomic mass is 10.2. The number of nitrogens with one attached hydrogen (secondary N) is 2. The first kappa shape index (κ1) is 16.5. The molecule has 0 radical (unpaired) electrons. The summed E-state index contributed by atoms with van der Waals surface area (Å²) in [6.07, 6.45) is 0.598. The maximum atomic E-state index is 12.5. The summed E-state index contributed by atoms with van der Waals surface area (Å²) in [6.45, 7) is 2.55. The predicted octanol–water partition coefficient (Wildman–Crippen LogP) is 3.68. The Morgan fingerprint density at radius 3 is 2.67 bits per heavy atom. The highest BCUT2D eigenvalue weighted by molar-refractivity contribution is 9.10. The molecule has 1 heterocycles. The van der Waals surface area contributed by atoms with Crippen molar-refractivity contribution in [2.45, 2.75) is 19.4 Å². The molecular formula is C18H18BrN3O2. The van der Waals surface area contributed by atoms with Crippen LogP contribution in [0.3, 0.4) is 0 Å². The third-order valence-corrected chi connectivity index (χ3v) is 4.88. The van der Waals surface area contributed by atoms with Crippen LogP contribution in [-0.2, 0) is 4.79 Å². The summed E-state index contributed by atoms with van der Waals surface area (Å²) < 4.78 is 0.984. The van der Waals surface area contributed by atoms with Gasteiger partial charge in [0, 0.05) is 22.4 Å². The second-order valence-electron chi connectivity index (χ2n) is 5.73. The van der Waals surface area contributed by atoms with Crippen LogP contribution < -0.4 is 15.5 Å². The van der Waals surface area contributed by atoms with Gasteiger partial charge in [-0.15, -0.1) is 0 Å². The average Bonchev–Trinajstić information content (AvgIpc) is 2.92. The molecule has 0 aromatic heterocycles. The Balaban J connectivity index is 1.61. The number of hydrogen-bond acceptors (Lipinski definition) is 2. The van der Waals surface area contributed by atoms with E-state index in [9.17, 15) is 9.59 Å². The van der Waals surface area contributed by atoms with Gasteiger partial charge in [-0.2, -0.15) is 0 Å². The molecule has 0 bridgehead atoms. The van der Waals surface area contributed by atoms with Crippen LogP contribution in [-0.4, -0.2) is 24.5 Å². The summed E-state index contributed by atoms with van der Waals surface area (Å²) in [7, 11) is 0. The molecule has 0 aliphatic carbocycles. The number of para-hydroxylation sites is 1. The third-order valence-electron chi connectivity index (χ3n) is 3.99. The monoisotopic (exact) mass is 387 g/mol. The highest BCUT2D eigenvalue weighted by atomic mass is 79.9. The molecule has 1 aliphatic heterocycles. The van der Waals surface area contributed by atoms with E-state index in [1.54, 1.807) is 4.90 Å². The average molecular weight is 388 g/mol. The summed E-state index contributed by atoms with van der Waals surface area (Å²) >= 11 is 3.42. The highest BCUT2D eigenvalue weighted by Crippen LogP contribution is 2.22. The SMILES string of the molecule is Cc1cc(NC(=O)N[C@@H]2CCN(c3ccccc3)C2=O)ccc1Br. The minimum absolute atomic E-state index is 0.0802. The molecule has 124 valence electrons. The minimum Gasteiger partial charge on any atom is -0.326 e. The summed E-state index contributed by atoms with van der Waals surface area (Å²) in [5.41, 5.74) is 2.58. The molecular weight excluding hydrogens is 370 g/mol. The lowest BCUT2D eigenvalue weighted by Gasteiger charge is -2.17. The number of amides is 3. The van der Waals surface area contributed by atoms with Gasteiger partial charge in [-0.05, 0) is 49.2 Å². The first-order chi connectivity index (χ1) is 11.5. The van der Waals surface area contributed by atoms with Gasteiger partial charge in [-0.3, -0.25) is 4.79 Å². The van der Waals surface area contributed by atoms with Crippen molar-refractivity contribution in [2.75, 3.05) is 16.8 Å². The van der Waals surface area contributed by atoms with Crippen LogP contribution in [0.2, 0.25) is 0 Å². The summed E-state index contributed by atoms with van der Waals surface area (Å²) in [5.74, 6) is -0.0802. The van der Waals surface area contributed by atoms with E-state index in [1.165, 1.54) is 0 Å². The second-order valence-corrected chi connectivity index (χ2v) is 6.58. The van der Waals surface area contributed by atoms with Crippen LogP contribution in [0.25, 0.3) is 0 Å². The van der Waals surface area contributed by atoms with Crippen molar-refractivity contribution >= 4 is 39.2 Å². The van der Waals surface area contributed by atoms with Crippen LogP contribution in [0.4, 0.5) is 16.2 Å². The molecule has 2 aromatic rings. The number of carbonyl (C=O) groups excluding carboxylic acids is 2. The molecule has 6 heteroatoms. The number of benzene rings is 2. The zero-order chi connectivity index (χ0) is 17.1. The van der Waals surface area contributed by atoms with Gasteiger partial charge in [-0.25, -0.2) is 4.79 Å². The Morgan fingerprint density at radius 1 is 1.21 bits per heavy atom. The fraction of sp³-hybridized carbons (Fsp3) is 0.222. The molecule has 0 spiro atoms. The molecule has 24 heavy (non-hydrogen) atoms. The fourth-order valence-corrected chi connectivity index (χ4v) is 2.97. The van der Waals surface area contributed by atoms with Gasteiger partial charge in [0.1, 0.15) is 6.04 Å². The van der Waals surface area contributed by atoms with Gasteiger partial charge in [0.15, 0.2) is 0 Å². The van der Waals surface area contributed by atoms with Gasteiger partial charge in [0.2, 0.25) is 5.91 Å². The summed E-state index contributed by atoms with van der Waals surface area (Å²) in [6, 6.07) is 14.2. The van der Waals surface area contributed by atoms with E-state index >= 15 is 0 Å². The zero-order valence-corrected chi connectivity index (χ0v) is 14.8. The molecule has 5 nitrogen and oxygen atoms in total. The summed E-state index contributed by atoms with van der Waals surface area (Å²) in [4.78, 5) is 26.3. The molecule has 3 rings (SSSR count). The van der Waals surface area contributed by atoms with E-state index in [2.05, 4.69) is 26.6 Å². The van der Waals surface area contributed by atoms with Crippen molar-refractivity contribution in [2.24, 2.45) is 0 Å². The largest absolute Gasteiger partial charge is 0.326 e. The fourth-order valence-electron chi connectivity index (χ4n) is 2.73. The number of urea groups is 1. The number of anilines is 2. The number of aryl methyl sites for hydroxylation is 1. The zero-order valence-electron chi connectivity index (χ0n) is 13.3. The number of nitrogens with zero attached hydrogens (tertiary/aromatic N) is 1. The molecule has 1 saturated heterocycles. The molecule has 3 amide bonds. The van der Waals surface area contributed by atoms with Crippen molar-refractivity contribution in [3.8, 4) is 0 Å². The quantitative estimate of drug-likeness (QED) is 0.843. The van der Waals surface area contributed by atoms with E-state index in [-0.39, 0.29) is 11.9 Å². The van der Waals surface area contributed by atoms with Crippen LogP contribution in [0.1, 0.15) is 12.0 Å². The number of hydrogen-bond donors (Lipinski definition) is 2. The first-order valence-electron chi connectivity index (χ1n) is 7.74. The number of rotatable bonds is 3. The van der Waals surface area contributed by atoms with Crippen LogP contribution in [0.15, 0.2) is 53.0 Å². The molecule has 1 fully saturated rings. The van der Waals surface area contributed by atoms with Crippen LogP contribution in [0.5, 0.6) is 0 Å². The van der Waals surface area contributed by atoms with Crippen LogP contribution >= 0.6 is 15.9 Å². The van der Waals surface area contributed by atoms with Crippen molar-refractivity contribution in [3.05, 3.63) is 58.6 Å². The third kappa shape index (κ3) is 3.59. The minimum atomic E-state index is -0.498. The Bertz CT molecular complexity index is 764. The van der Waals surface area contributed by atoms with Gasteiger partial charge >= 0.3 is 6.03 Å². The maximum Gasteiger partial charge on any atom is 0.319 e. The van der Waals surface area contributed by atoms with Gasteiger partial charge in [0.25, 0.3) is 0 Å². The molecule has 1 aliphatic rings. The lowest BCUT2D eigenvalue weighted by molar-refractivity contribution is -0.118. The highest BCUT2D eigenvalue weighted by Gasteiger charge is 2.33. The van der Waals surface area contributed by atoms with Crippen molar-refractivity contribution in [1.29, 1.82) is 0 Å². The van der Waals surface area contributed by atoms with Crippen molar-refractivity contribution < 1.29 is 9.59 Å². The Morgan fingerprint density at radius 2 is 1.96 bits per heavy atom. The van der Waals surface area contributed by atoms with E-state index in [4.69, 9.17) is 0 Å². The second kappa shape index (κ2) is 7.05. The van der Waals surface area contributed by atoms with E-state index < -0.39 is 6.04 Å². The van der Waals surface area contributed by atoms with E-state index in [0.29, 0.717) is 18.7 Å². The molecule has 2 aromatic carbocycles. The number of halogens is 1. The molecule has 1 atom stereocenters. The Labute approximate surface area is 149 Å². The van der Waals surface area contributed by atoms with Crippen molar-refractivity contribution in [3.63, 3.8) is 0 Å². The Kier molecular flexibility index (Phi) is 4.85. The van der Waals surface area contributed by atoms with Crippen molar-refractivity contribution in [1.82, 2.24) is 5.32 Å². The topological polar surface area (TPSA) is 61.4 Å². The van der Waals surface area contributed by atoms with E-state index in [1.807, 2.05) is 55.5 Å². The molecule has 0 unspecified atom stereocenters.